The van der Waals surface area contributed by atoms with Crippen molar-refractivity contribution in [1.82, 2.24) is 5.10 Å². The van der Waals surface area contributed by atoms with Crippen molar-refractivity contribution in [2.24, 2.45) is 0 Å². The van der Waals surface area contributed by atoms with Gasteiger partial charge in [0.2, 0.25) is 0 Å². The first-order valence-electron chi connectivity index (χ1n) is 4.83. The SMILES string of the molecule is O=P([O-])(O)CC[n+]1ccc2ccccc2n1. The minimum Gasteiger partial charge on any atom is -0.778 e. The van der Waals surface area contributed by atoms with Crippen LogP contribution < -0.4 is 9.58 Å². The smallest absolute Gasteiger partial charge is 0.196 e. The van der Waals surface area contributed by atoms with Gasteiger partial charge in [-0.3, -0.25) is 0 Å². The van der Waals surface area contributed by atoms with Crippen LogP contribution >= 0.6 is 7.60 Å². The maximum atomic E-state index is 10.6. The topological polar surface area (TPSA) is 77.1 Å². The van der Waals surface area contributed by atoms with Gasteiger partial charge in [-0.1, -0.05) is 22.9 Å². The molecule has 2 aromatic rings. The van der Waals surface area contributed by atoms with Gasteiger partial charge in [0.25, 0.3) is 0 Å². The Labute approximate surface area is 92.5 Å². The molecule has 1 unspecified atom stereocenters. The van der Waals surface area contributed by atoms with Crippen LogP contribution in [-0.4, -0.2) is 16.2 Å². The first-order valence-corrected chi connectivity index (χ1v) is 6.59. The number of hydrogen-bond acceptors (Lipinski definition) is 3. The van der Waals surface area contributed by atoms with Crippen molar-refractivity contribution in [2.45, 2.75) is 6.54 Å². The fraction of sp³-hybridized carbons (Fsp3) is 0.200. The van der Waals surface area contributed by atoms with Gasteiger partial charge >= 0.3 is 0 Å². The highest BCUT2D eigenvalue weighted by Crippen LogP contribution is 2.27. The molecule has 0 saturated carbocycles. The second-order valence-electron chi connectivity index (χ2n) is 3.50. The number of benzene rings is 1. The summed E-state index contributed by atoms with van der Waals surface area (Å²) in [5.74, 6) is 0. The van der Waals surface area contributed by atoms with Crippen LogP contribution in [0.3, 0.4) is 0 Å². The molecular formula is C10H11N2O3P. The summed E-state index contributed by atoms with van der Waals surface area (Å²) in [5.41, 5.74) is 0.795. The van der Waals surface area contributed by atoms with Gasteiger partial charge in [0, 0.05) is 16.6 Å². The fourth-order valence-corrected chi connectivity index (χ4v) is 1.87. The van der Waals surface area contributed by atoms with E-state index in [2.05, 4.69) is 5.10 Å². The molecule has 0 amide bonds. The summed E-state index contributed by atoms with van der Waals surface area (Å²) in [6, 6.07) is 9.41. The van der Waals surface area contributed by atoms with E-state index in [1.165, 1.54) is 4.68 Å². The van der Waals surface area contributed by atoms with Gasteiger partial charge in [0.1, 0.15) is 13.1 Å². The van der Waals surface area contributed by atoms with Gasteiger partial charge in [0.05, 0.1) is 6.16 Å². The van der Waals surface area contributed by atoms with Crippen LogP contribution in [0, 0.1) is 0 Å². The average molecular weight is 238 g/mol. The van der Waals surface area contributed by atoms with Crippen LogP contribution in [0.15, 0.2) is 36.5 Å². The van der Waals surface area contributed by atoms with Crippen molar-refractivity contribution in [2.75, 3.05) is 6.16 Å². The highest BCUT2D eigenvalue weighted by atomic mass is 31.2. The molecule has 0 radical (unpaired) electrons. The van der Waals surface area contributed by atoms with Crippen LogP contribution in [0.5, 0.6) is 0 Å². The van der Waals surface area contributed by atoms with E-state index in [1.54, 1.807) is 6.20 Å². The Morgan fingerprint density at radius 3 is 2.88 bits per heavy atom. The Bertz CT molecular complexity index is 553. The molecule has 0 aliphatic rings. The third-order valence-corrected chi connectivity index (χ3v) is 2.98. The molecule has 0 bridgehead atoms. The minimum absolute atomic E-state index is 0.155. The van der Waals surface area contributed by atoms with Crippen LogP contribution in [0.4, 0.5) is 0 Å². The molecule has 1 heterocycles. The van der Waals surface area contributed by atoms with Crippen molar-refractivity contribution < 1.29 is 19.0 Å². The highest BCUT2D eigenvalue weighted by molar-refractivity contribution is 7.50. The molecule has 0 aliphatic carbocycles. The minimum atomic E-state index is -4.20. The van der Waals surface area contributed by atoms with E-state index in [-0.39, 0.29) is 12.7 Å². The van der Waals surface area contributed by atoms with Gasteiger partial charge in [-0.25, -0.2) is 0 Å². The van der Waals surface area contributed by atoms with Crippen molar-refractivity contribution in [1.29, 1.82) is 0 Å². The number of aromatic nitrogens is 2. The Morgan fingerprint density at radius 2 is 2.12 bits per heavy atom. The largest absolute Gasteiger partial charge is 0.778 e. The first-order chi connectivity index (χ1) is 7.54. The Morgan fingerprint density at radius 1 is 1.38 bits per heavy atom. The highest BCUT2D eigenvalue weighted by Gasteiger charge is 2.09. The molecule has 0 saturated heterocycles. The van der Waals surface area contributed by atoms with E-state index in [9.17, 15) is 9.46 Å². The molecule has 1 atom stereocenters. The lowest BCUT2D eigenvalue weighted by atomic mass is 10.2. The predicted octanol–water partition coefficient (Wildman–Crippen LogP) is 0.0680. The van der Waals surface area contributed by atoms with Crippen molar-refractivity contribution in [3.8, 4) is 0 Å². The lowest BCUT2D eigenvalue weighted by molar-refractivity contribution is -0.748. The molecule has 1 N–H and O–H groups in total. The molecule has 6 heteroatoms. The summed E-state index contributed by atoms with van der Waals surface area (Å²) in [7, 11) is -4.20. The lowest BCUT2D eigenvalue weighted by Crippen LogP contribution is -2.39. The zero-order valence-corrected chi connectivity index (χ0v) is 9.38. The van der Waals surface area contributed by atoms with E-state index in [1.807, 2.05) is 30.3 Å². The maximum absolute atomic E-state index is 10.6. The van der Waals surface area contributed by atoms with E-state index >= 15 is 0 Å². The summed E-state index contributed by atoms with van der Waals surface area (Å²) < 4.78 is 12.1. The monoisotopic (exact) mass is 238 g/mol. The first kappa shape index (κ1) is 11.2. The molecular weight excluding hydrogens is 227 g/mol. The third kappa shape index (κ3) is 2.85. The van der Waals surface area contributed by atoms with Crippen LogP contribution in [0.25, 0.3) is 10.9 Å². The molecule has 0 fully saturated rings. The summed E-state index contributed by atoms with van der Waals surface area (Å²) in [6.45, 7) is 0.155. The van der Waals surface area contributed by atoms with Crippen LogP contribution in [-0.2, 0) is 11.1 Å². The standard InChI is InChI=1S/C10H11N2O3P/c13-16(14,15)8-7-12-6-5-9-3-1-2-4-10(9)11-12/h1-6H,7-8H2,(H-,13,14,15). The summed E-state index contributed by atoms with van der Waals surface area (Å²) in [5, 5.41) is 5.22. The van der Waals surface area contributed by atoms with Gasteiger partial charge in [-0.2, -0.15) is 0 Å². The Kier molecular flexibility index (Phi) is 3.01. The lowest BCUT2D eigenvalue weighted by Gasteiger charge is -2.11. The Balaban J connectivity index is 2.23. The number of nitrogens with zero attached hydrogens (tertiary/aromatic N) is 2. The number of hydrogen-bond donors (Lipinski definition) is 1. The normalized spacial score (nSPS) is 14.9. The summed E-state index contributed by atoms with van der Waals surface area (Å²) >= 11 is 0. The zero-order chi connectivity index (χ0) is 11.6. The molecule has 1 aromatic heterocycles. The average Bonchev–Trinajstić information content (AvgIpc) is 2.25. The number of rotatable bonds is 3. The molecule has 0 aliphatic heterocycles. The molecule has 0 spiro atoms. The molecule has 2 rings (SSSR count). The van der Waals surface area contributed by atoms with Crippen molar-refractivity contribution in [3.05, 3.63) is 36.5 Å². The number of fused-ring (bicyclic) bond motifs is 1. The summed E-state index contributed by atoms with van der Waals surface area (Å²) in [6.07, 6.45) is 1.39. The van der Waals surface area contributed by atoms with Gasteiger partial charge < -0.3 is 14.4 Å². The van der Waals surface area contributed by atoms with Crippen LogP contribution in [0.2, 0.25) is 0 Å². The quantitative estimate of drug-likeness (QED) is 0.606. The second kappa shape index (κ2) is 4.29. The van der Waals surface area contributed by atoms with Gasteiger partial charge in [-0.15, -0.1) is 0 Å². The van der Waals surface area contributed by atoms with Crippen molar-refractivity contribution in [3.63, 3.8) is 0 Å². The Hall–Kier alpha value is -1.29. The van der Waals surface area contributed by atoms with E-state index in [0.717, 1.165) is 10.9 Å². The van der Waals surface area contributed by atoms with E-state index < -0.39 is 7.60 Å². The van der Waals surface area contributed by atoms with Gasteiger partial charge in [-0.05, 0) is 6.07 Å². The van der Waals surface area contributed by atoms with Gasteiger partial charge in [0.15, 0.2) is 12.7 Å². The van der Waals surface area contributed by atoms with Crippen molar-refractivity contribution >= 4 is 18.5 Å². The molecule has 5 nitrogen and oxygen atoms in total. The summed E-state index contributed by atoms with van der Waals surface area (Å²) in [4.78, 5) is 19.3. The predicted molar refractivity (Wildman–Crippen MR) is 56.6 cm³/mol. The zero-order valence-electron chi connectivity index (χ0n) is 8.48. The maximum Gasteiger partial charge on any atom is 0.196 e. The third-order valence-electron chi connectivity index (χ3n) is 2.21. The molecule has 84 valence electrons. The second-order valence-corrected chi connectivity index (χ2v) is 5.22. The van der Waals surface area contributed by atoms with Crippen LogP contribution in [0.1, 0.15) is 0 Å². The van der Waals surface area contributed by atoms with E-state index in [4.69, 9.17) is 4.89 Å². The fourth-order valence-electron chi connectivity index (χ4n) is 1.41. The van der Waals surface area contributed by atoms with E-state index in [0.29, 0.717) is 0 Å². The molecule has 16 heavy (non-hydrogen) atoms. The molecule has 1 aromatic carbocycles. The number of aryl methyl sites for hydroxylation is 1.